The van der Waals surface area contributed by atoms with Gasteiger partial charge in [0, 0.05) is 20.2 Å². The van der Waals surface area contributed by atoms with Gasteiger partial charge in [-0.3, -0.25) is 4.90 Å². The second kappa shape index (κ2) is 5.68. The summed E-state index contributed by atoms with van der Waals surface area (Å²) in [7, 11) is 1.85. The molecule has 3 unspecified atom stereocenters. The lowest BCUT2D eigenvalue weighted by atomic mass is 9.76. The highest BCUT2D eigenvalue weighted by atomic mass is 16.5. The fourth-order valence-electron chi connectivity index (χ4n) is 3.85. The fraction of sp³-hybridized carbons (Fsp3) is 1.00. The average Bonchev–Trinajstić information content (AvgIpc) is 2.38. The molecule has 1 saturated heterocycles. The van der Waals surface area contributed by atoms with Gasteiger partial charge in [0.05, 0.1) is 11.6 Å². The zero-order chi connectivity index (χ0) is 12.3. The van der Waals surface area contributed by atoms with Crippen LogP contribution in [-0.2, 0) is 4.74 Å². The molecule has 0 bridgehead atoms. The molecule has 2 N–H and O–H groups in total. The van der Waals surface area contributed by atoms with Crippen LogP contribution in [0.15, 0.2) is 0 Å². The van der Waals surface area contributed by atoms with E-state index in [1.54, 1.807) is 0 Å². The lowest BCUT2D eigenvalue weighted by molar-refractivity contribution is -0.0871. The monoisotopic (exact) mass is 240 g/mol. The minimum absolute atomic E-state index is 0.127. The molecule has 0 amide bonds. The van der Waals surface area contributed by atoms with Crippen molar-refractivity contribution in [1.82, 2.24) is 4.90 Å². The van der Waals surface area contributed by atoms with Gasteiger partial charge in [-0.15, -0.1) is 0 Å². The topological polar surface area (TPSA) is 38.5 Å². The van der Waals surface area contributed by atoms with Crippen molar-refractivity contribution in [2.24, 2.45) is 11.7 Å². The Morgan fingerprint density at radius 2 is 2.12 bits per heavy atom. The number of hydrogen-bond donors (Lipinski definition) is 1. The number of ether oxygens (including phenoxy) is 1. The molecule has 0 aromatic heterocycles. The Hall–Kier alpha value is -0.120. The summed E-state index contributed by atoms with van der Waals surface area (Å²) in [4.78, 5) is 2.65. The lowest BCUT2D eigenvalue weighted by Gasteiger charge is -2.52. The van der Waals surface area contributed by atoms with E-state index in [2.05, 4.69) is 11.8 Å². The van der Waals surface area contributed by atoms with Crippen molar-refractivity contribution in [3.05, 3.63) is 0 Å². The van der Waals surface area contributed by atoms with E-state index in [0.29, 0.717) is 6.10 Å². The second-order valence-electron chi connectivity index (χ2n) is 5.97. The van der Waals surface area contributed by atoms with E-state index in [0.717, 1.165) is 12.5 Å². The Morgan fingerprint density at radius 3 is 2.76 bits per heavy atom. The summed E-state index contributed by atoms with van der Waals surface area (Å²) in [5.41, 5.74) is 6.29. The van der Waals surface area contributed by atoms with Crippen LogP contribution in [0.2, 0.25) is 0 Å². The fourth-order valence-corrected chi connectivity index (χ4v) is 3.85. The highest BCUT2D eigenvalue weighted by Gasteiger charge is 2.45. The van der Waals surface area contributed by atoms with Crippen LogP contribution in [0.1, 0.15) is 45.4 Å². The Labute approximate surface area is 106 Å². The van der Waals surface area contributed by atoms with Crippen LogP contribution in [0.4, 0.5) is 0 Å². The third kappa shape index (κ3) is 2.51. The van der Waals surface area contributed by atoms with Gasteiger partial charge < -0.3 is 10.5 Å². The van der Waals surface area contributed by atoms with Crippen molar-refractivity contribution < 1.29 is 4.74 Å². The standard InChI is InChI=1S/C14H28N2O/c1-12-6-5-9-16(10-12)14(11-15)8-4-3-7-13(14)17-2/h12-13H,3-11,15H2,1-2H3. The van der Waals surface area contributed by atoms with Crippen molar-refractivity contribution in [2.75, 3.05) is 26.7 Å². The normalized spacial score (nSPS) is 40.4. The molecule has 1 saturated carbocycles. The van der Waals surface area contributed by atoms with Gasteiger partial charge >= 0.3 is 0 Å². The van der Waals surface area contributed by atoms with Crippen LogP contribution < -0.4 is 5.73 Å². The number of methoxy groups -OCH3 is 1. The molecule has 0 aromatic carbocycles. The Balaban J connectivity index is 2.15. The predicted molar refractivity (Wildman–Crippen MR) is 71.0 cm³/mol. The Bertz CT molecular complexity index is 246. The van der Waals surface area contributed by atoms with Crippen molar-refractivity contribution in [2.45, 2.75) is 57.1 Å². The molecular formula is C14H28N2O. The summed E-state index contributed by atoms with van der Waals surface area (Å²) >= 11 is 0. The zero-order valence-electron chi connectivity index (χ0n) is 11.5. The highest BCUT2D eigenvalue weighted by Crippen LogP contribution is 2.37. The van der Waals surface area contributed by atoms with Gasteiger partial charge in [-0.05, 0) is 38.1 Å². The summed E-state index contributed by atoms with van der Waals surface area (Å²) in [5, 5.41) is 0. The van der Waals surface area contributed by atoms with Crippen molar-refractivity contribution in [3.8, 4) is 0 Å². The molecule has 1 heterocycles. The molecule has 0 aromatic rings. The zero-order valence-corrected chi connectivity index (χ0v) is 11.5. The third-order valence-corrected chi connectivity index (χ3v) is 4.85. The van der Waals surface area contributed by atoms with Crippen LogP contribution in [0.3, 0.4) is 0 Å². The lowest BCUT2D eigenvalue weighted by Crippen LogP contribution is -2.64. The Morgan fingerprint density at radius 1 is 1.29 bits per heavy atom. The molecule has 2 fully saturated rings. The van der Waals surface area contributed by atoms with Gasteiger partial charge in [-0.1, -0.05) is 19.8 Å². The van der Waals surface area contributed by atoms with Gasteiger partial charge in [-0.25, -0.2) is 0 Å². The predicted octanol–water partition coefficient (Wildman–Crippen LogP) is 2.00. The number of nitrogens with two attached hydrogens (primary N) is 1. The first-order valence-corrected chi connectivity index (χ1v) is 7.21. The van der Waals surface area contributed by atoms with E-state index in [-0.39, 0.29) is 5.54 Å². The first-order valence-electron chi connectivity index (χ1n) is 7.21. The van der Waals surface area contributed by atoms with E-state index in [1.165, 1.54) is 51.6 Å². The van der Waals surface area contributed by atoms with Gasteiger partial charge in [0.2, 0.25) is 0 Å². The van der Waals surface area contributed by atoms with Gasteiger partial charge in [-0.2, -0.15) is 0 Å². The van der Waals surface area contributed by atoms with Gasteiger partial charge in [0.25, 0.3) is 0 Å². The quantitative estimate of drug-likeness (QED) is 0.820. The maximum Gasteiger partial charge on any atom is 0.0767 e. The maximum absolute atomic E-state index is 6.16. The average molecular weight is 240 g/mol. The molecule has 2 aliphatic rings. The van der Waals surface area contributed by atoms with Crippen LogP contribution in [0.5, 0.6) is 0 Å². The molecule has 17 heavy (non-hydrogen) atoms. The largest absolute Gasteiger partial charge is 0.379 e. The molecule has 100 valence electrons. The van der Waals surface area contributed by atoms with E-state index < -0.39 is 0 Å². The molecule has 3 atom stereocenters. The molecular weight excluding hydrogens is 212 g/mol. The molecule has 0 radical (unpaired) electrons. The number of piperidine rings is 1. The summed E-state index contributed by atoms with van der Waals surface area (Å²) < 4.78 is 5.76. The minimum Gasteiger partial charge on any atom is -0.379 e. The Kier molecular flexibility index (Phi) is 4.45. The van der Waals surface area contributed by atoms with Gasteiger partial charge in [0.15, 0.2) is 0 Å². The van der Waals surface area contributed by atoms with Crippen LogP contribution in [0, 0.1) is 5.92 Å². The molecule has 1 aliphatic heterocycles. The number of hydrogen-bond acceptors (Lipinski definition) is 3. The first-order chi connectivity index (χ1) is 8.23. The van der Waals surface area contributed by atoms with Gasteiger partial charge in [0.1, 0.15) is 0 Å². The van der Waals surface area contributed by atoms with Crippen molar-refractivity contribution in [1.29, 1.82) is 0 Å². The van der Waals surface area contributed by atoms with Crippen LogP contribution in [0.25, 0.3) is 0 Å². The molecule has 0 spiro atoms. The maximum atomic E-state index is 6.16. The second-order valence-corrected chi connectivity index (χ2v) is 5.97. The van der Waals surface area contributed by atoms with Crippen LogP contribution >= 0.6 is 0 Å². The van der Waals surface area contributed by atoms with E-state index in [1.807, 2.05) is 7.11 Å². The summed E-state index contributed by atoms with van der Waals surface area (Å²) in [6.07, 6.45) is 8.03. The highest BCUT2D eigenvalue weighted by molar-refractivity contribution is 5.02. The first kappa shape index (κ1) is 13.3. The molecule has 3 nitrogen and oxygen atoms in total. The summed E-state index contributed by atoms with van der Waals surface area (Å²) in [6, 6.07) is 0. The summed E-state index contributed by atoms with van der Waals surface area (Å²) in [6.45, 7) is 5.53. The summed E-state index contributed by atoms with van der Waals surface area (Å²) in [5.74, 6) is 0.812. The molecule has 3 heteroatoms. The molecule has 2 rings (SSSR count). The SMILES string of the molecule is COC1CCCCC1(CN)N1CCCC(C)C1. The van der Waals surface area contributed by atoms with Crippen LogP contribution in [-0.4, -0.2) is 43.3 Å². The molecule has 1 aliphatic carbocycles. The van der Waals surface area contributed by atoms with E-state index >= 15 is 0 Å². The minimum atomic E-state index is 0.127. The van der Waals surface area contributed by atoms with Crippen molar-refractivity contribution in [3.63, 3.8) is 0 Å². The van der Waals surface area contributed by atoms with Crippen molar-refractivity contribution >= 4 is 0 Å². The third-order valence-electron chi connectivity index (χ3n) is 4.85. The smallest absolute Gasteiger partial charge is 0.0767 e. The number of likely N-dealkylation sites (tertiary alicyclic amines) is 1. The van der Waals surface area contributed by atoms with E-state index in [4.69, 9.17) is 10.5 Å². The van der Waals surface area contributed by atoms with E-state index in [9.17, 15) is 0 Å². The number of rotatable bonds is 3. The number of nitrogens with zero attached hydrogens (tertiary/aromatic N) is 1.